The number of nitrogens with one attached hydrogen (secondary N) is 6. The van der Waals surface area contributed by atoms with E-state index in [-0.39, 0.29) is 33.7 Å². The number of hydrogen-bond acceptors (Lipinski definition) is 14. The number of rotatable bonds is 14. The molecule has 294 valence electrons. The van der Waals surface area contributed by atoms with E-state index < -0.39 is 100 Å². The summed E-state index contributed by atoms with van der Waals surface area (Å²) < 4.78 is 6.11. The van der Waals surface area contributed by atoms with Crippen LogP contribution >= 0.6 is 0 Å². The van der Waals surface area contributed by atoms with E-state index in [9.17, 15) is 43.8 Å². The lowest BCUT2D eigenvalue weighted by atomic mass is 9.98. The van der Waals surface area contributed by atoms with Gasteiger partial charge in [-0.3, -0.25) is 44.4 Å². The Bertz CT molecular complexity index is 1980. The molecule has 0 saturated heterocycles. The first kappa shape index (κ1) is 42.7. The normalized spacial score (nSPS) is 14.8. The first-order valence-electron chi connectivity index (χ1n) is 16.9. The third-order valence-electron chi connectivity index (χ3n) is 8.76. The standard InChI is InChI=1S/C34H48N10O10/c1-11(2)20(33(52)43-36)39-31(50)22(15(7)45)41-29(48)17-10-9-13(5)27-24(17)38-25-18(19(35)26(47)14(6)28(25)54-27)30(49)42-23(16(8)46)32(51)40-21(12(3)4)34(53)44-37/h9-12,15-16,20-23,45-46H,35-37H2,1-8H3,(H,39,50)(H,40,51)(H,41,48)(H,42,49)(H,43,52)(H,44,53)/t15?,16-,20?,21-,22?,23+/m1/s1. The molecule has 2 aliphatic rings. The van der Waals surface area contributed by atoms with Crippen LogP contribution in [0, 0.1) is 25.7 Å². The predicted octanol–water partition coefficient (Wildman–Crippen LogP) is -2.29. The fourth-order valence-corrected chi connectivity index (χ4v) is 5.59. The molecule has 1 aliphatic heterocycles. The van der Waals surface area contributed by atoms with Gasteiger partial charge in [-0.2, -0.15) is 0 Å². The lowest BCUT2D eigenvalue weighted by molar-refractivity contribution is -0.132. The zero-order valence-electron chi connectivity index (χ0n) is 31.1. The Kier molecular flexibility index (Phi) is 13.8. The second-order valence-corrected chi connectivity index (χ2v) is 13.6. The van der Waals surface area contributed by atoms with Gasteiger partial charge in [-0.25, -0.2) is 16.7 Å². The van der Waals surface area contributed by atoms with Crippen LogP contribution in [0.2, 0.25) is 0 Å². The Balaban J connectivity index is 2.16. The smallest absolute Gasteiger partial charge is 0.256 e. The highest BCUT2D eigenvalue weighted by atomic mass is 16.3. The average Bonchev–Trinajstić information content (AvgIpc) is 3.11. The number of hydrazine groups is 2. The highest BCUT2D eigenvalue weighted by molar-refractivity contribution is 6.10. The van der Waals surface area contributed by atoms with Crippen molar-refractivity contribution in [2.24, 2.45) is 23.5 Å². The molecule has 1 aromatic rings. The van der Waals surface area contributed by atoms with Gasteiger partial charge in [0.1, 0.15) is 35.4 Å². The van der Waals surface area contributed by atoms with Crippen molar-refractivity contribution in [1.82, 2.24) is 37.1 Å². The number of aromatic nitrogens is 1. The van der Waals surface area contributed by atoms with Gasteiger partial charge >= 0.3 is 0 Å². The Morgan fingerprint density at radius 2 is 1.17 bits per heavy atom. The van der Waals surface area contributed by atoms with Crippen molar-refractivity contribution in [3.63, 3.8) is 0 Å². The number of fused-ring (bicyclic) bond motifs is 2. The number of nitrogens with zero attached hydrogens (tertiary/aromatic N) is 1. The number of hydrogen-bond donors (Lipinski definition) is 11. The molecule has 6 atom stereocenters. The van der Waals surface area contributed by atoms with Crippen LogP contribution in [0.15, 0.2) is 21.3 Å². The number of carbonyl (C=O) groups excluding carboxylic acids is 6. The van der Waals surface area contributed by atoms with Gasteiger partial charge in [-0.05, 0) is 51.2 Å². The van der Waals surface area contributed by atoms with E-state index in [1.165, 1.54) is 32.9 Å². The Morgan fingerprint density at radius 3 is 1.59 bits per heavy atom. The molecule has 1 heterocycles. The minimum atomic E-state index is -1.68. The second-order valence-electron chi connectivity index (χ2n) is 13.6. The average molecular weight is 757 g/mol. The van der Waals surface area contributed by atoms with Crippen LogP contribution in [0.5, 0.6) is 0 Å². The predicted molar refractivity (Wildman–Crippen MR) is 195 cm³/mol. The maximum Gasteiger partial charge on any atom is 0.256 e. The number of amides is 6. The molecule has 20 heteroatoms. The first-order valence-corrected chi connectivity index (χ1v) is 16.9. The minimum Gasteiger partial charge on any atom is -0.452 e. The highest BCUT2D eigenvalue weighted by Gasteiger charge is 2.36. The zero-order chi connectivity index (χ0) is 40.9. The molecule has 6 amide bonds. The molecule has 3 unspecified atom stereocenters. The summed E-state index contributed by atoms with van der Waals surface area (Å²) in [4.78, 5) is 96.6. The molecule has 0 aromatic heterocycles. The van der Waals surface area contributed by atoms with Gasteiger partial charge < -0.3 is 41.6 Å². The lowest BCUT2D eigenvalue weighted by Gasteiger charge is -2.26. The van der Waals surface area contributed by atoms with Gasteiger partial charge in [0.25, 0.3) is 23.6 Å². The quantitative estimate of drug-likeness (QED) is 0.0271. The summed E-state index contributed by atoms with van der Waals surface area (Å²) >= 11 is 0. The summed E-state index contributed by atoms with van der Waals surface area (Å²) in [6.07, 6.45) is -2.98. The van der Waals surface area contributed by atoms with E-state index >= 15 is 0 Å². The molecule has 0 radical (unpaired) electrons. The molecular formula is C34H48N10O10. The van der Waals surface area contributed by atoms with Crippen LogP contribution < -0.4 is 55.0 Å². The third kappa shape index (κ3) is 8.90. The van der Waals surface area contributed by atoms with E-state index in [0.29, 0.717) is 5.56 Å². The number of benzene rings is 2. The van der Waals surface area contributed by atoms with E-state index in [2.05, 4.69) is 26.3 Å². The van der Waals surface area contributed by atoms with Crippen LogP contribution in [0.25, 0.3) is 22.6 Å². The fraction of sp³-hybridized carbons (Fsp3) is 0.471. The Labute approximate surface area is 309 Å². The fourth-order valence-electron chi connectivity index (χ4n) is 5.59. The minimum absolute atomic E-state index is 0.0189. The summed E-state index contributed by atoms with van der Waals surface area (Å²) in [7, 11) is 0. The van der Waals surface area contributed by atoms with Crippen LogP contribution in [0.1, 0.15) is 73.4 Å². The van der Waals surface area contributed by atoms with Crippen LogP contribution in [-0.2, 0) is 19.2 Å². The van der Waals surface area contributed by atoms with Gasteiger partial charge in [0, 0.05) is 5.56 Å². The topological polar surface area (TPSA) is 336 Å². The molecule has 1 aliphatic carbocycles. The molecule has 0 fully saturated rings. The van der Waals surface area contributed by atoms with Gasteiger partial charge in [0.15, 0.2) is 11.3 Å². The van der Waals surface area contributed by atoms with Crippen LogP contribution in [0.3, 0.4) is 0 Å². The van der Waals surface area contributed by atoms with Gasteiger partial charge in [-0.15, -0.1) is 0 Å². The van der Waals surface area contributed by atoms with Crippen molar-refractivity contribution in [1.29, 1.82) is 0 Å². The van der Waals surface area contributed by atoms with Gasteiger partial charge in [-0.1, -0.05) is 33.8 Å². The first-order chi connectivity index (χ1) is 25.2. The molecule has 14 N–H and O–H groups in total. The van der Waals surface area contributed by atoms with Crippen molar-refractivity contribution in [2.75, 3.05) is 5.73 Å². The van der Waals surface area contributed by atoms with Crippen molar-refractivity contribution >= 4 is 52.2 Å². The summed E-state index contributed by atoms with van der Waals surface area (Å²) in [5.74, 6) is 4.11. The van der Waals surface area contributed by atoms with Crippen molar-refractivity contribution in [3.8, 4) is 11.5 Å². The third-order valence-corrected chi connectivity index (χ3v) is 8.76. The number of aryl methyl sites for hydroxylation is 1. The van der Waals surface area contributed by atoms with Gasteiger partial charge in [0.05, 0.1) is 29.0 Å². The number of nitrogens with two attached hydrogens (primary N) is 3. The SMILES string of the molecule is Cc1c2oc3c(C)ccc(C(=O)NC(C(=O)NC(C(=O)NN)C(C)C)C(C)O)c3nc-2c(C(=O)N[C@H](C(=O)N[C@@H](C(=O)NN)C(C)C)[C@@H](C)O)c(N)c1=O. The molecule has 20 nitrogen and oxygen atoms in total. The molecular weight excluding hydrogens is 708 g/mol. The van der Waals surface area contributed by atoms with E-state index in [1.807, 2.05) is 10.9 Å². The maximum absolute atomic E-state index is 13.9. The van der Waals surface area contributed by atoms with E-state index in [4.69, 9.17) is 21.8 Å². The summed E-state index contributed by atoms with van der Waals surface area (Å²) in [6.45, 7) is 12.0. The maximum atomic E-state index is 13.9. The number of aliphatic hydroxyl groups excluding tert-OH is 2. The van der Waals surface area contributed by atoms with Crippen LogP contribution in [-0.4, -0.2) is 87.0 Å². The lowest BCUT2D eigenvalue weighted by Crippen LogP contribution is -2.59. The molecule has 54 heavy (non-hydrogen) atoms. The van der Waals surface area contributed by atoms with E-state index in [0.717, 1.165) is 0 Å². The zero-order valence-corrected chi connectivity index (χ0v) is 31.1. The molecule has 0 bridgehead atoms. The van der Waals surface area contributed by atoms with Crippen LogP contribution in [0.4, 0.5) is 5.69 Å². The number of aliphatic hydroxyl groups is 2. The number of carbonyl (C=O) groups is 6. The number of anilines is 1. The van der Waals surface area contributed by atoms with Crippen molar-refractivity contribution in [3.05, 3.63) is 44.6 Å². The summed E-state index contributed by atoms with van der Waals surface area (Å²) in [5.41, 5.74) is 7.97. The monoisotopic (exact) mass is 756 g/mol. The molecule has 3 rings (SSSR count). The molecule has 1 aromatic carbocycles. The number of nitrogen functional groups attached to an aromatic ring is 1. The Hall–Kier alpha value is -5.70. The van der Waals surface area contributed by atoms with E-state index in [1.54, 1.807) is 34.6 Å². The van der Waals surface area contributed by atoms with Crippen molar-refractivity contribution < 1.29 is 43.4 Å². The Morgan fingerprint density at radius 1 is 0.704 bits per heavy atom. The van der Waals surface area contributed by atoms with Crippen molar-refractivity contribution in [2.45, 2.75) is 91.8 Å². The highest BCUT2D eigenvalue weighted by Crippen LogP contribution is 2.34. The molecule has 0 saturated carbocycles. The second kappa shape index (κ2) is 17.4. The largest absolute Gasteiger partial charge is 0.452 e. The summed E-state index contributed by atoms with van der Waals surface area (Å²) in [6, 6.07) is -2.63. The molecule has 0 spiro atoms. The van der Waals surface area contributed by atoms with Gasteiger partial charge in [0.2, 0.25) is 17.2 Å². The summed E-state index contributed by atoms with van der Waals surface area (Å²) in [5, 5.41) is 30.7.